The minimum absolute atomic E-state index is 0. The van der Waals surface area contributed by atoms with Gasteiger partial charge < -0.3 is 25.8 Å². The number of amides is 1. The lowest BCUT2D eigenvalue weighted by Gasteiger charge is -2.37. The number of nitrogen functional groups attached to an aromatic ring is 1. The highest BCUT2D eigenvalue weighted by Crippen LogP contribution is 2.33. The van der Waals surface area contributed by atoms with E-state index in [9.17, 15) is 9.59 Å². The Bertz CT molecular complexity index is 1150. The van der Waals surface area contributed by atoms with Gasteiger partial charge in [-0.05, 0) is 44.9 Å². The average Bonchev–Trinajstić information content (AvgIpc) is 3.45. The molecular weight excluding hydrogens is 516 g/mol. The van der Waals surface area contributed by atoms with Crippen LogP contribution in [-0.2, 0) is 16.1 Å². The normalized spacial score (nSPS) is 16.6. The molecule has 4 N–H and O–H groups in total. The zero-order valence-electron chi connectivity index (χ0n) is 20.9. The maximum Gasteiger partial charge on any atom is 0.341 e. The summed E-state index contributed by atoms with van der Waals surface area (Å²) < 4.78 is 10.1. The van der Waals surface area contributed by atoms with Crippen LogP contribution in [0.2, 0.25) is 0 Å². The molecule has 1 fully saturated rings. The Morgan fingerprint density at radius 3 is 2.41 bits per heavy atom. The number of halogens is 1. The van der Waals surface area contributed by atoms with E-state index < -0.39 is 5.97 Å². The second-order valence-electron chi connectivity index (χ2n) is 8.56. The molecular formula is C25H37ClN6O4S. The Hall–Kier alpha value is -3.15. The number of hydrogen-bond donors (Lipinski definition) is 2. The van der Waals surface area contributed by atoms with Crippen molar-refractivity contribution >= 4 is 40.6 Å². The van der Waals surface area contributed by atoms with Crippen molar-refractivity contribution in [1.29, 1.82) is 0 Å². The number of benzene rings is 1. The molecule has 3 aromatic rings. The molecule has 204 valence electrons. The summed E-state index contributed by atoms with van der Waals surface area (Å²) in [4.78, 5) is 26.9. The van der Waals surface area contributed by atoms with Crippen molar-refractivity contribution in [3.63, 3.8) is 0 Å². The van der Waals surface area contributed by atoms with Gasteiger partial charge in [0.15, 0.2) is 0 Å². The van der Waals surface area contributed by atoms with Crippen LogP contribution in [0.4, 0.5) is 5.00 Å². The van der Waals surface area contributed by atoms with Gasteiger partial charge in [-0.3, -0.25) is 4.79 Å². The van der Waals surface area contributed by atoms with Crippen LogP contribution in [0.5, 0.6) is 5.75 Å². The Morgan fingerprint density at radius 1 is 1.22 bits per heavy atom. The standard InChI is InChI=1S/C14H20N2O2.C10H12N4O2S.CH4.ClH/c1-14(15)8-7-13(17)16(10-14)9-11-3-5-12(18-2)6-4-11;1-3-16-10(15)7-6(2)9(17-8(7)11)14-12-4-5-13-14;;/h3-6H,7-10,15H2,1-2H3;4-5H,3,11H2,1-2H3;1H4;1H. The van der Waals surface area contributed by atoms with Crippen molar-refractivity contribution in [2.24, 2.45) is 5.73 Å². The summed E-state index contributed by atoms with van der Waals surface area (Å²) in [5, 5.41) is 9.19. The van der Waals surface area contributed by atoms with Crippen molar-refractivity contribution in [2.45, 2.75) is 53.1 Å². The van der Waals surface area contributed by atoms with Gasteiger partial charge in [0.25, 0.3) is 0 Å². The highest BCUT2D eigenvalue weighted by molar-refractivity contribution is 7.19. The minimum atomic E-state index is -0.405. The predicted molar refractivity (Wildman–Crippen MR) is 149 cm³/mol. The molecule has 0 aliphatic carbocycles. The van der Waals surface area contributed by atoms with Gasteiger partial charge >= 0.3 is 5.97 Å². The smallest absolute Gasteiger partial charge is 0.341 e. The Morgan fingerprint density at radius 2 is 1.84 bits per heavy atom. The largest absolute Gasteiger partial charge is 0.497 e. The van der Waals surface area contributed by atoms with Crippen molar-refractivity contribution < 1.29 is 19.1 Å². The van der Waals surface area contributed by atoms with E-state index in [1.165, 1.54) is 16.1 Å². The molecule has 0 bridgehead atoms. The lowest BCUT2D eigenvalue weighted by molar-refractivity contribution is -0.135. The van der Waals surface area contributed by atoms with E-state index in [-0.39, 0.29) is 31.3 Å². The number of esters is 1. The highest BCUT2D eigenvalue weighted by Gasteiger charge is 2.31. The first-order valence-corrected chi connectivity index (χ1v) is 12.1. The third-order valence-electron chi connectivity index (χ3n) is 5.58. The van der Waals surface area contributed by atoms with E-state index in [1.807, 2.05) is 36.1 Å². The van der Waals surface area contributed by atoms with E-state index in [0.717, 1.165) is 28.3 Å². The van der Waals surface area contributed by atoms with Crippen molar-refractivity contribution in [2.75, 3.05) is 26.0 Å². The molecule has 1 saturated heterocycles. The van der Waals surface area contributed by atoms with Crippen LogP contribution in [0, 0.1) is 6.92 Å². The molecule has 3 heterocycles. The fraction of sp³-hybridized carbons (Fsp3) is 0.440. The van der Waals surface area contributed by atoms with E-state index in [2.05, 4.69) is 10.2 Å². The van der Waals surface area contributed by atoms with Gasteiger partial charge in [-0.2, -0.15) is 10.2 Å². The van der Waals surface area contributed by atoms with Gasteiger partial charge in [0.2, 0.25) is 5.91 Å². The summed E-state index contributed by atoms with van der Waals surface area (Å²) in [6.07, 6.45) is 4.45. The Balaban J connectivity index is 0.000000351. The van der Waals surface area contributed by atoms with E-state index >= 15 is 0 Å². The van der Waals surface area contributed by atoms with Crippen LogP contribution in [0.1, 0.15) is 55.6 Å². The Kier molecular flexibility index (Phi) is 12.0. The molecule has 1 aromatic carbocycles. The zero-order chi connectivity index (χ0) is 25.6. The average molecular weight is 553 g/mol. The molecule has 1 aliphatic heterocycles. The fourth-order valence-electron chi connectivity index (χ4n) is 3.74. The zero-order valence-corrected chi connectivity index (χ0v) is 22.5. The molecule has 0 spiro atoms. The fourth-order valence-corrected chi connectivity index (χ4v) is 4.72. The molecule has 1 unspecified atom stereocenters. The molecule has 1 amide bonds. The number of carbonyl (C=O) groups excluding carboxylic acids is 2. The molecule has 1 aliphatic rings. The number of likely N-dealkylation sites (tertiary alicyclic amines) is 1. The summed E-state index contributed by atoms with van der Waals surface area (Å²) in [7, 11) is 1.64. The quantitative estimate of drug-likeness (QED) is 0.438. The second-order valence-corrected chi connectivity index (χ2v) is 9.59. The molecule has 4 rings (SSSR count). The number of nitrogens with zero attached hydrogens (tertiary/aromatic N) is 4. The highest BCUT2D eigenvalue weighted by atomic mass is 35.5. The number of aromatic nitrogens is 3. The molecule has 37 heavy (non-hydrogen) atoms. The van der Waals surface area contributed by atoms with Gasteiger partial charge in [-0.15, -0.1) is 17.2 Å². The van der Waals surface area contributed by atoms with E-state index in [4.69, 9.17) is 20.9 Å². The van der Waals surface area contributed by atoms with Crippen molar-refractivity contribution in [3.8, 4) is 10.8 Å². The number of carbonyl (C=O) groups is 2. The van der Waals surface area contributed by atoms with Crippen LogP contribution in [-0.4, -0.2) is 57.6 Å². The molecule has 1 atom stereocenters. The summed E-state index contributed by atoms with van der Waals surface area (Å²) in [6.45, 7) is 7.13. The number of ether oxygens (including phenoxy) is 2. The summed E-state index contributed by atoms with van der Waals surface area (Å²) in [6, 6.07) is 7.78. The Labute approximate surface area is 228 Å². The summed E-state index contributed by atoms with van der Waals surface area (Å²) in [5.41, 5.74) is 13.9. The maximum absolute atomic E-state index is 11.9. The van der Waals surface area contributed by atoms with E-state index in [0.29, 0.717) is 36.7 Å². The van der Waals surface area contributed by atoms with Gasteiger partial charge in [-0.1, -0.05) is 30.9 Å². The van der Waals surface area contributed by atoms with Crippen molar-refractivity contribution in [3.05, 3.63) is 53.3 Å². The monoisotopic (exact) mass is 552 g/mol. The number of methoxy groups -OCH3 is 1. The third-order valence-corrected chi connectivity index (χ3v) is 6.66. The van der Waals surface area contributed by atoms with Gasteiger partial charge in [-0.25, -0.2) is 4.79 Å². The number of nitrogens with two attached hydrogens (primary N) is 2. The lowest BCUT2D eigenvalue weighted by atomic mass is 9.91. The van der Waals surface area contributed by atoms with Crippen LogP contribution >= 0.6 is 23.7 Å². The minimum Gasteiger partial charge on any atom is -0.497 e. The number of rotatable bonds is 6. The lowest BCUT2D eigenvalue weighted by Crippen LogP contribution is -2.53. The summed E-state index contributed by atoms with van der Waals surface area (Å²) >= 11 is 1.27. The molecule has 0 radical (unpaired) electrons. The second kappa shape index (κ2) is 14.0. The van der Waals surface area contributed by atoms with E-state index in [1.54, 1.807) is 33.4 Å². The van der Waals surface area contributed by atoms with Gasteiger partial charge in [0.1, 0.15) is 15.8 Å². The number of thiophene rings is 1. The predicted octanol–water partition coefficient (Wildman–Crippen LogP) is 3.99. The molecule has 2 aromatic heterocycles. The first-order valence-electron chi connectivity index (χ1n) is 11.3. The van der Waals surface area contributed by atoms with Gasteiger partial charge in [0.05, 0.1) is 31.7 Å². The molecule has 12 heteroatoms. The summed E-state index contributed by atoms with van der Waals surface area (Å²) in [5.74, 6) is 0.610. The van der Waals surface area contributed by atoms with Crippen molar-refractivity contribution in [1.82, 2.24) is 19.9 Å². The number of piperidine rings is 1. The number of hydrogen-bond acceptors (Lipinski definition) is 9. The molecule has 10 nitrogen and oxygen atoms in total. The van der Waals surface area contributed by atoms with Crippen LogP contribution in [0.3, 0.4) is 0 Å². The van der Waals surface area contributed by atoms with Crippen LogP contribution in [0.25, 0.3) is 5.00 Å². The van der Waals surface area contributed by atoms with Crippen LogP contribution < -0.4 is 16.2 Å². The number of anilines is 1. The van der Waals surface area contributed by atoms with Gasteiger partial charge in [0, 0.05) is 30.6 Å². The third kappa shape index (κ3) is 8.17. The SMILES string of the molecule is C.CCOC(=O)c1c(N)sc(-n2nccn2)c1C.COc1ccc(CN2CC(C)(N)CCC2=O)cc1.Cl. The topological polar surface area (TPSA) is 139 Å². The first kappa shape index (κ1) is 31.9. The first-order chi connectivity index (χ1) is 16.6. The maximum atomic E-state index is 11.9. The van der Waals surface area contributed by atoms with Crippen LogP contribution in [0.15, 0.2) is 36.7 Å². The molecule has 0 saturated carbocycles.